The molecule has 1 heterocycles. The van der Waals surface area contributed by atoms with E-state index in [1.807, 2.05) is 35.7 Å². The molecule has 1 amide bonds. The first-order valence-electron chi connectivity index (χ1n) is 7.98. The molecule has 1 aliphatic heterocycles. The molecule has 130 valence electrons. The van der Waals surface area contributed by atoms with Gasteiger partial charge in [-0.2, -0.15) is 0 Å². The Balaban J connectivity index is 0.00000264. The highest BCUT2D eigenvalue weighted by Gasteiger charge is 2.21. The highest BCUT2D eigenvalue weighted by molar-refractivity contribution is 8.16. The first-order valence-corrected chi connectivity index (χ1v) is 10.1. The molecular formula is C17H27ClN2OS2. The Bertz CT molecular complexity index is 486. The van der Waals surface area contributed by atoms with Crippen LogP contribution in [0, 0.1) is 0 Å². The summed E-state index contributed by atoms with van der Waals surface area (Å²) in [5.41, 5.74) is 7.94. The van der Waals surface area contributed by atoms with Crippen molar-refractivity contribution in [1.29, 1.82) is 0 Å². The van der Waals surface area contributed by atoms with Gasteiger partial charge in [-0.05, 0) is 48.5 Å². The summed E-state index contributed by atoms with van der Waals surface area (Å²) >= 11 is 3.99. The summed E-state index contributed by atoms with van der Waals surface area (Å²) in [5.74, 6) is 2.42. The molecule has 1 aliphatic rings. The molecule has 1 aromatic rings. The van der Waals surface area contributed by atoms with E-state index in [0.717, 1.165) is 12.8 Å². The van der Waals surface area contributed by atoms with Gasteiger partial charge in [-0.3, -0.25) is 4.79 Å². The van der Waals surface area contributed by atoms with Gasteiger partial charge in [0.05, 0.1) is 4.58 Å². The predicted octanol–water partition coefficient (Wildman–Crippen LogP) is 4.22. The van der Waals surface area contributed by atoms with Crippen molar-refractivity contribution in [2.75, 3.05) is 18.1 Å². The minimum Gasteiger partial charge on any atom is -0.350 e. The van der Waals surface area contributed by atoms with Gasteiger partial charge >= 0.3 is 0 Å². The highest BCUT2D eigenvalue weighted by atomic mass is 35.5. The van der Waals surface area contributed by atoms with E-state index in [1.165, 1.54) is 23.5 Å². The monoisotopic (exact) mass is 374 g/mol. The summed E-state index contributed by atoms with van der Waals surface area (Å²) in [6.45, 7) is 4.64. The number of thioether (sulfide) groups is 2. The maximum absolute atomic E-state index is 12.2. The average molecular weight is 375 g/mol. The van der Waals surface area contributed by atoms with Gasteiger partial charge in [0.2, 0.25) is 0 Å². The smallest absolute Gasteiger partial charge is 0.251 e. The van der Waals surface area contributed by atoms with E-state index in [-0.39, 0.29) is 23.9 Å². The van der Waals surface area contributed by atoms with E-state index in [4.69, 9.17) is 5.73 Å². The fourth-order valence-corrected chi connectivity index (χ4v) is 5.22. The summed E-state index contributed by atoms with van der Waals surface area (Å²) < 4.78 is 0.516. The molecule has 3 nitrogen and oxygen atoms in total. The van der Waals surface area contributed by atoms with E-state index < -0.39 is 0 Å². The van der Waals surface area contributed by atoms with Crippen LogP contribution in [0.4, 0.5) is 0 Å². The number of hydrogen-bond acceptors (Lipinski definition) is 4. The lowest BCUT2D eigenvalue weighted by molar-refractivity contribution is 0.0942. The van der Waals surface area contributed by atoms with Crippen LogP contribution in [0.5, 0.6) is 0 Å². The minimum atomic E-state index is -0.301. The van der Waals surface area contributed by atoms with Crippen molar-refractivity contribution in [3.63, 3.8) is 0 Å². The molecule has 0 aliphatic carbocycles. The first kappa shape index (κ1) is 20.7. The predicted molar refractivity (Wildman–Crippen MR) is 106 cm³/mol. The van der Waals surface area contributed by atoms with Gasteiger partial charge in [0.1, 0.15) is 0 Å². The van der Waals surface area contributed by atoms with Crippen LogP contribution in [0.15, 0.2) is 24.3 Å². The van der Waals surface area contributed by atoms with Crippen LogP contribution < -0.4 is 11.1 Å². The van der Waals surface area contributed by atoms with E-state index in [1.54, 1.807) is 0 Å². The van der Waals surface area contributed by atoms with Crippen molar-refractivity contribution < 1.29 is 4.79 Å². The van der Waals surface area contributed by atoms with E-state index in [2.05, 4.69) is 31.3 Å². The third kappa shape index (κ3) is 5.89. The van der Waals surface area contributed by atoms with Crippen molar-refractivity contribution in [3.8, 4) is 0 Å². The molecule has 0 aromatic heterocycles. The number of nitrogens with two attached hydrogens (primary N) is 1. The quantitative estimate of drug-likeness (QED) is 0.782. The molecular weight excluding hydrogens is 348 g/mol. The fourth-order valence-electron chi connectivity index (χ4n) is 2.33. The van der Waals surface area contributed by atoms with Crippen LogP contribution >= 0.6 is 35.9 Å². The second-order valence-electron chi connectivity index (χ2n) is 5.80. The summed E-state index contributed by atoms with van der Waals surface area (Å²) in [7, 11) is 0. The zero-order chi connectivity index (χ0) is 16.0. The van der Waals surface area contributed by atoms with Crippen LogP contribution in [0.3, 0.4) is 0 Å². The Morgan fingerprint density at radius 2 is 1.78 bits per heavy atom. The third-order valence-corrected chi connectivity index (χ3v) is 7.30. The molecule has 1 aromatic carbocycles. The first-order chi connectivity index (χ1) is 10.6. The number of amides is 1. The Labute approximate surface area is 154 Å². The normalized spacial score (nSPS) is 15.8. The van der Waals surface area contributed by atoms with Gasteiger partial charge in [0, 0.05) is 17.6 Å². The fraction of sp³-hybridized carbons (Fsp3) is 0.588. The van der Waals surface area contributed by atoms with Crippen molar-refractivity contribution >= 4 is 41.8 Å². The van der Waals surface area contributed by atoms with Gasteiger partial charge in [0.25, 0.3) is 5.91 Å². The number of hydrogen-bond donors (Lipinski definition) is 2. The molecule has 0 bridgehead atoms. The van der Waals surface area contributed by atoms with Gasteiger partial charge < -0.3 is 11.1 Å². The molecule has 0 spiro atoms. The topological polar surface area (TPSA) is 55.1 Å². The Hall–Kier alpha value is -0.360. The van der Waals surface area contributed by atoms with Crippen LogP contribution in [-0.4, -0.2) is 29.5 Å². The second-order valence-corrected chi connectivity index (χ2v) is 8.53. The molecule has 0 radical (unpaired) electrons. The summed E-state index contributed by atoms with van der Waals surface area (Å²) in [4.78, 5) is 12.2. The Morgan fingerprint density at radius 1 is 1.22 bits per heavy atom. The Kier molecular flexibility index (Phi) is 8.83. The zero-order valence-electron chi connectivity index (χ0n) is 13.8. The molecule has 2 rings (SSSR count). The van der Waals surface area contributed by atoms with Crippen LogP contribution in [0.25, 0.3) is 0 Å². The van der Waals surface area contributed by atoms with E-state index in [9.17, 15) is 4.79 Å². The van der Waals surface area contributed by atoms with Crippen molar-refractivity contribution in [2.24, 2.45) is 5.73 Å². The van der Waals surface area contributed by atoms with Gasteiger partial charge in [-0.15, -0.1) is 35.9 Å². The molecule has 0 unspecified atom stereocenters. The molecule has 1 fully saturated rings. The minimum absolute atomic E-state index is 0. The Morgan fingerprint density at radius 3 is 2.30 bits per heavy atom. The van der Waals surface area contributed by atoms with Gasteiger partial charge in [-0.25, -0.2) is 0 Å². The lowest BCUT2D eigenvalue weighted by atomic mass is 9.94. The van der Waals surface area contributed by atoms with Crippen molar-refractivity contribution in [2.45, 2.75) is 43.2 Å². The van der Waals surface area contributed by atoms with Crippen LogP contribution in [0.1, 0.15) is 53.6 Å². The molecule has 0 saturated carbocycles. The number of carbonyl (C=O) groups excluding carboxylic acids is 1. The largest absolute Gasteiger partial charge is 0.350 e. The molecule has 0 atom stereocenters. The maximum Gasteiger partial charge on any atom is 0.251 e. The molecule has 3 N–H and O–H groups in total. The van der Waals surface area contributed by atoms with Crippen LogP contribution in [-0.2, 0) is 0 Å². The second kappa shape index (κ2) is 9.82. The summed E-state index contributed by atoms with van der Waals surface area (Å²) in [5, 5.41) is 2.97. The third-order valence-electron chi connectivity index (χ3n) is 4.28. The summed E-state index contributed by atoms with van der Waals surface area (Å²) in [6.07, 6.45) is 3.01. The number of halogens is 1. The zero-order valence-corrected chi connectivity index (χ0v) is 16.3. The lowest BCUT2D eigenvalue weighted by Crippen LogP contribution is -2.49. The number of rotatable bonds is 6. The van der Waals surface area contributed by atoms with Crippen molar-refractivity contribution in [3.05, 3.63) is 35.4 Å². The standard InChI is InChI=1S/C17H26N2OS2.ClH/c1-3-17(18,4-2)12-19-15(20)13-6-8-14(9-7-13)16-21-10-5-11-22-16;/h6-9,16H,3-5,10-12,18H2,1-2H3,(H,19,20);1H. The van der Waals surface area contributed by atoms with Crippen LogP contribution in [0.2, 0.25) is 0 Å². The molecule has 1 saturated heterocycles. The van der Waals surface area contributed by atoms with E-state index >= 15 is 0 Å². The van der Waals surface area contributed by atoms with E-state index in [0.29, 0.717) is 16.7 Å². The summed E-state index contributed by atoms with van der Waals surface area (Å²) in [6, 6.07) is 8.02. The maximum atomic E-state index is 12.2. The van der Waals surface area contributed by atoms with Crippen molar-refractivity contribution in [1.82, 2.24) is 5.32 Å². The number of nitrogens with one attached hydrogen (secondary N) is 1. The number of carbonyl (C=O) groups is 1. The number of benzene rings is 1. The highest BCUT2D eigenvalue weighted by Crippen LogP contribution is 2.43. The van der Waals surface area contributed by atoms with Gasteiger partial charge in [0.15, 0.2) is 0 Å². The lowest BCUT2D eigenvalue weighted by Gasteiger charge is -2.26. The SMILES string of the molecule is CCC(N)(CC)CNC(=O)c1ccc(C2SCCCS2)cc1.Cl. The average Bonchev–Trinajstić information content (AvgIpc) is 2.60. The molecule has 23 heavy (non-hydrogen) atoms. The molecule has 6 heteroatoms. The van der Waals surface area contributed by atoms with Gasteiger partial charge in [-0.1, -0.05) is 26.0 Å².